The number of nitrogens with one attached hydrogen (secondary N) is 2. The quantitative estimate of drug-likeness (QED) is 0.752. The van der Waals surface area contributed by atoms with Crippen LogP contribution in [-0.4, -0.2) is 60.7 Å². The summed E-state index contributed by atoms with van der Waals surface area (Å²) in [5, 5.41) is 6.64. The van der Waals surface area contributed by atoms with Gasteiger partial charge in [0.1, 0.15) is 5.82 Å². The maximum atomic E-state index is 5.46. The lowest BCUT2D eigenvalue weighted by molar-refractivity contribution is 0.249. The Bertz CT molecular complexity index is 368. The van der Waals surface area contributed by atoms with Gasteiger partial charge in [-0.3, -0.25) is 9.88 Å². The number of aromatic nitrogens is 2. The maximum absolute atomic E-state index is 5.46. The van der Waals surface area contributed by atoms with Crippen molar-refractivity contribution in [1.29, 1.82) is 0 Å². The first-order valence-electron chi connectivity index (χ1n) is 7.00. The minimum Gasteiger partial charge on any atom is -0.477 e. The summed E-state index contributed by atoms with van der Waals surface area (Å²) >= 11 is 0. The number of ether oxygens (including phenoxy) is 1. The predicted octanol–water partition coefficient (Wildman–Crippen LogP) is 0.583. The molecule has 1 aromatic heterocycles. The van der Waals surface area contributed by atoms with E-state index in [-0.39, 0.29) is 0 Å². The molecule has 106 valence electrons. The van der Waals surface area contributed by atoms with Gasteiger partial charge in [0.25, 0.3) is 0 Å². The fraction of sp³-hybridized carbons (Fsp3) is 0.692. The molecule has 2 rings (SSSR count). The first-order chi connectivity index (χ1) is 9.38. The summed E-state index contributed by atoms with van der Waals surface area (Å²) in [5.74, 6) is 1.37. The third-order valence-corrected chi connectivity index (χ3v) is 3.01. The van der Waals surface area contributed by atoms with Crippen molar-refractivity contribution in [3.63, 3.8) is 0 Å². The minimum atomic E-state index is 0.592. The van der Waals surface area contributed by atoms with Gasteiger partial charge in [-0.25, -0.2) is 0 Å². The van der Waals surface area contributed by atoms with Crippen molar-refractivity contribution in [1.82, 2.24) is 20.2 Å². The zero-order valence-electron chi connectivity index (χ0n) is 11.6. The van der Waals surface area contributed by atoms with E-state index in [1.165, 1.54) is 0 Å². The normalized spacial score (nSPS) is 16.3. The second kappa shape index (κ2) is 7.91. The second-order valence-electron chi connectivity index (χ2n) is 4.61. The summed E-state index contributed by atoms with van der Waals surface area (Å²) in [4.78, 5) is 10.9. The molecule has 0 saturated carbocycles. The molecule has 2 heterocycles. The number of hydrogen-bond acceptors (Lipinski definition) is 6. The van der Waals surface area contributed by atoms with Crippen LogP contribution >= 0.6 is 0 Å². The van der Waals surface area contributed by atoms with Crippen molar-refractivity contribution in [2.45, 2.75) is 13.3 Å². The molecule has 19 heavy (non-hydrogen) atoms. The number of nitrogens with zero attached hydrogens (tertiary/aromatic N) is 3. The van der Waals surface area contributed by atoms with Crippen molar-refractivity contribution in [2.24, 2.45) is 0 Å². The number of rotatable bonds is 7. The van der Waals surface area contributed by atoms with Crippen LogP contribution in [0.3, 0.4) is 0 Å². The van der Waals surface area contributed by atoms with Crippen LogP contribution in [0.15, 0.2) is 12.4 Å². The number of anilines is 1. The largest absolute Gasteiger partial charge is 0.477 e. The molecule has 6 nitrogen and oxygen atoms in total. The van der Waals surface area contributed by atoms with Crippen LogP contribution in [0.2, 0.25) is 0 Å². The van der Waals surface area contributed by atoms with Gasteiger partial charge in [-0.15, -0.1) is 0 Å². The van der Waals surface area contributed by atoms with Crippen molar-refractivity contribution in [3.05, 3.63) is 12.4 Å². The van der Waals surface area contributed by atoms with Crippen LogP contribution in [0.5, 0.6) is 5.88 Å². The van der Waals surface area contributed by atoms with Gasteiger partial charge in [0.05, 0.1) is 19.0 Å². The first-order valence-corrected chi connectivity index (χ1v) is 7.00. The minimum absolute atomic E-state index is 0.592. The molecular weight excluding hydrogens is 242 g/mol. The third-order valence-electron chi connectivity index (χ3n) is 3.01. The van der Waals surface area contributed by atoms with E-state index in [9.17, 15) is 0 Å². The molecule has 2 N–H and O–H groups in total. The molecule has 0 aliphatic carbocycles. The fourth-order valence-corrected chi connectivity index (χ4v) is 1.99. The third kappa shape index (κ3) is 5.00. The van der Waals surface area contributed by atoms with E-state index < -0.39 is 0 Å². The maximum Gasteiger partial charge on any atom is 0.234 e. The van der Waals surface area contributed by atoms with Crippen molar-refractivity contribution in [2.75, 3.05) is 51.2 Å². The van der Waals surface area contributed by atoms with Crippen LogP contribution in [0.4, 0.5) is 5.82 Å². The zero-order chi connectivity index (χ0) is 13.3. The van der Waals surface area contributed by atoms with E-state index in [0.29, 0.717) is 12.5 Å². The molecule has 6 heteroatoms. The van der Waals surface area contributed by atoms with Gasteiger partial charge in [0.2, 0.25) is 5.88 Å². The highest BCUT2D eigenvalue weighted by Gasteiger charge is 2.08. The fourth-order valence-electron chi connectivity index (χ4n) is 1.99. The van der Waals surface area contributed by atoms with Crippen LogP contribution in [0.25, 0.3) is 0 Å². The Labute approximate surface area is 114 Å². The zero-order valence-corrected chi connectivity index (χ0v) is 11.6. The average Bonchev–Trinajstić information content (AvgIpc) is 2.47. The first kappa shape index (κ1) is 14.0. The SMILES string of the molecule is CCCOc1cncc(NCCN2CCNCC2)n1. The average molecular weight is 265 g/mol. The standard InChI is InChI=1S/C13H23N5O/c1-2-9-19-13-11-15-10-12(17-13)16-5-8-18-6-3-14-4-7-18/h10-11,14H,2-9H2,1H3,(H,16,17). The molecular formula is C13H23N5O. The molecule has 0 aromatic carbocycles. The topological polar surface area (TPSA) is 62.3 Å². The molecule has 0 unspecified atom stereocenters. The molecule has 0 amide bonds. The van der Waals surface area contributed by atoms with Gasteiger partial charge >= 0.3 is 0 Å². The van der Waals surface area contributed by atoms with E-state index in [0.717, 1.165) is 51.5 Å². The van der Waals surface area contributed by atoms with Gasteiger partial charge < -0.3 is 15.4 Å². The molecule has 1 fully saturated rings. The molecule has 1 aliphatic rings. The van der Waals surface area contributed by atoms with Gasteiger partial charge in [0.15, 0.2) is 0 Å². The van der Waals surface area contributed by atoms with Crippen LogP contribution in [0, 0.1) is 0 Å². The van der Waals surface area contributed by atoms with Crippen molar-refractivity contribution < 1.29 is 4.74 Å². The molecule has 0 spiro atoms. The number of hydrogen-bond donors (Lipinski definition) is 2. The second-order valence-corrected chi connectivity index (χ2v) is 4.61. The Morgan fingerprint density at radius 3 is 3.00 bits per heavy atom. The van der Waals surface area contributed by atoms with Crippen molar-refractivity contribution in [3.8, 4) is 5.88 Å². The molecule has 0 radical (unpaired) electrons. The summed E-state index contributed by atoms with van der Waals surface area (Å²) in [6.07, 6.45) is 4.36. The Hall–Kier alpha value is -1.40. The highest BCUT2D eigenvalue weighted by Crippen LogP contribution is 2.08. The van der Waals surface area contributed by atoms with Gasteiger partial charge in [-0.1, -0.05) is 6.92 Å². The summed E-state index contributed by atoms with van der Waals surface area (Å²) in [5.41, 5.74) is 0. The van der Waals surface area contributed by atoms with Crippen LogP contribution < -0.4 is 15.4 Å². The van der Waals surface area contributed by atoms with E-state index in [1.807, 2.05) is 0 Å². The van der Waals surface area contributed by atoms with Crippen LogP contribution in [-0.2, 0) is 0 Å². The van der Waals surface area contributed by atoms with E-state index in [2.05, 4.69) is 32.4 Å². The molecule has 0 bridgehead atoms. The van der Waals surface area contributed by atoms with Crippen LogP contribution in [0.1, 0.15) is 13.3 Å². The summed E-state index contributed by atoms with van der Waals surface area (Å²) < 4.78 is 5.46. The van der Waals surface area contributed by atoms with E-state index >= 15 is 0 Å². The van der Waals surface area contributed by atoms with Crippen molar-refractivity contribution >= 4 is 5.82 Å². The molecule has 1 saturated heterocycles. The highest BCUT2D eigenvalue weighted by molar-refractivity contribution is 5.33. The van der Waals surface area contributed by atoms with E-state index in [4.69, 9.17) is 4.74 Å². The van der Waals surface area contributed by atoms with Gasteiger partial charge in [-0.2, -0.15) is 4.98 Å². The highest BCUT2D eigenvalue weighted by atomic mass is 16.5. The Kier molecular flexibility index (Phi) is 5.84. The van der Waals surface area contributed by atoms with E-state index in [1.54, 1.807) is 12.4 Å². The summed E-state index contributed by atoms with van der Waals surface area (Å²) in [6, 6.07) is 0. The Morgan fingerprint density at radius 1 is 1.37 bits per heavy atom. The lowest BCUT2D eigenvalue weighted by Crippen LogP contribution is -2.45. The number of piperazine rings is 1. The monoisotopic (exact) mass is 265 g/mol. The predicted molar refractivity (Wildman–Crippen MR) is 75.6 cm³/mol. The summed E-state index contributed by atoms with van der Waals surface area (Å²) in [6.45, 7) is 9.07. The lowest BCUT2D eigenvalue weighted by Gasteiger charge is -2.27. The molecule has 1 aliphatic heterocycles. The molecule has 1 aromatic rings. The Balaban J connectivity index is 1.72. The van der Waals surface area contributed by atoms with Gasteiger partial charge in [0, 0.05) is 39.3 Å². The Morgan fingerprint density at radius 2 is 2.21 bits per heavy atom. The summed E-state index contributed by atoms with van der Waals surface area (Å²) in [7, 11) is 0. The molecule has 0 atom stereocenters. The lowest BCUT2D eigenvalue weighted by atomic mass is 10.3. The van der Waals surface area contributed by atoms with Gasteiger partial charge in [-0.05, 0) is 6.42 Å². The smallest absolute Gasteiger partial charge is 0.234 e.